The molecular weight excluding hydrogens is 344 g/mol. The molecular formula is C20H30N4O3. The van der Waals surface area contributed by atoms with Crippen molar-refractivity contribution in [2.75, 3.05) is 70.5 Å². The maximum absolute atomic E-state index is 12.8. The van der Waals surface area contributed by atoms with Gasteiger partial charge in [0, 0.05) is 51.5 Å². The Hall–Kier alpha value is -2.12. The van der Waals surface area contributed by atoms with E-state index in [4.69, 9.17) is 4.74 Å². The Kier molecular flexibility index (Phi) is 6.68. The van der Waals surface area contributed by atoms with E-state index in [0.717, 1.165) is 24.3 Å². The SMILES string of the molecule is CCN(C(=O)CN1CCN(C(=O)N2CCOCC2)CC1)c1ccccc1C. The van der Waals surface area contributed by atoms with Crippen molar-refractivity contribution in [1.82, 2.24) is 14.7 Å². The topological polar surface area (TPSA) is 56.3 Å². The Morgan fingerprint density at radius 1 is 1.00 bits per heavy atom. The van der Waals surface area contributed by atoms with Crippen LogP contribution in [0.1, 0.15) is 12.5 Å². The van der Waals surface area contributed by atoms with Crippen molar-refractivity contribution in [1.29, 1.82) is 0 Å². The van der Waals surface area contributed by atoms with Gasteiger partial charge >= 0.3 is 6.03 Å². The Bertz CT molecular complexity index is 652. The normalized spacial score (nSPS) is 18.4. The zero-order valence-electron chi connectivity index (χ0n) is 16.4. The van der Waals surface area contributed by atoms with Crippen molar-refractivity contribution in [3.8, 4) is 0 Å². The lowest BCUT2D eigenvalue weighted by atomic mass is 10.1. The number of urea groups is 1. The first-order valence-electron chi connectivity index (χ1n) is 9.80. The second-order valence-electron chi connectivity index (χ2n) is 7.07. The molecule has 0 unspecified atom stereocenters. The number of para-hydroxylation sites is 1. The van der Waals surface area contributed by atoms with Crippen molar-refractivity contribution >= 4 is 17.6 Å². The third-order valence-corrected chi connectivity index (χ3v) is 5.31. The number of hydrogen-bond donors (Lipinski definition) is 0. The number of carbonyl (C=O) groups excluding carboxylic acids is 2. The minimum absolute atomic E-state index is 0.0966. The van der Waals surface area contributed by atoms with Gasteiger partial charge < -0.3 is 19.4 Å². The molecule has 1 aromatic rings. The smallest absolute Gasteiger partial charge is 0.320 e. The van der Waals surface area contributed by atoms with Gasteiger partial charge in [0.1, 0.15) is 0 Å². The third kappa shape index (κ3) is 4.78. The number of ether oxygens (including phenoxy) is 1. The van der Waals surface area contributed by atoms with Gasteiger partial charge in [-0.15, -0.1) is 0 Å². The largest absolute Gasteiger partial charge is 0.378 e. The monoisotopic (exact) mass is 374 g/mol. The van der Waals surface area contributed by atoms with E-state index in [0.29, 0.717) is 52.5 Å². The zero-order valence-corrected chi connectivity index (χ0v) is 16.4. The van der Waals surface area contributed by atoms with Gasteiger partial charge in [0.15, 0.2) is 0 Å². The number of piperazine rings is 1. The molecule has 3 rings (SSSR count). The average Bonchev–Trinajstić information content (AvgIpc) is 2.71. The van der Waals surface area contributed by atoms with Crippen LogP contribution < -0.4 is 4.90 Å². The van der Waals surface area contributed by atoms with Crippen molar-refractivity contribution in [2.24, 2.45) is 0 Å². The summed E-state index contributed by atoms with van der Waals surface area (Å²) in [6.07, 6.45) is 0. The van der Waals surface area contributed by atoms with Crippen LogP contribution in [-0.4, -0.2) is 92.2 Å². The number of aryl methyl sites for hydroxylation is 1. The molecule has 1 aromatic carbocycles. The lowest BCUT2D eigenvalue weighted by Crippen LogP contribution is -2.56. The van der Waals surface area contributed by atoms with Crippen LogP contribution in [0.15, 0.2) is 24.3 Å². The number of carbonyl (C=O) groups is 2. The van der Waals surface area contributed by atoms with Gasteiger partial charge in [-0.2, -0.15) is 0 Å². The summed E-state index contributed by atoms with van der Waals surface area (Å²) in [4.78, 5) is 33.2. The second kappa shape index (κ2) is 9.19. The minimum Gasteiger partial charge on any atom is -0.378 e. The Morgan fingerprint density at radius 2 is 1.63 bits per heavy atom. The van der Waals surface area contributed by atoms with E-state index >= 15 is 0 Å². The fraction of sp³-hybridized carbons (Fsp3) is 0.600. The molecule has 0 N–H and O–H groups in total. The third-order valence-electron chi connectivity index (χ3n) is 5.31. The first-order chi connectivity index (χ1) is 13.1. The zero-order chi connectivity index (χ0) is 19.2. The lowest BCUT2D eigenvalue weighted by molar-refractivity contribution is -0.120. The Balaban J connectivity index is 1.51. The lowest BCUT2D eigenvalue weighted by Gasteiger charge is -2.38. The van der Waals surface area contributed by atoms with E-state index in [1.807, 2.05) is 52.8 Å². The molecule has 148 valence electrons. The quantitative estimate of drug-likeness (QED) is 0.800. The molecule has 7 nitrogen and oxygen atoms in total. The molecule has 2 aliphatic rings. The molecule has 2 heterocycles. The van der Waals surface area contributed by atoms with Crippen LogP contribution in [0.5, 0.6) is 0 Å². The van der Waals surface area contributed by atoms with Crippen LogP contribution in [0.2, 0.25) is 0 Å². The van der Waals surface area contributed by atoms with Crippen LogP contribution in [0.4, 0.5) is 10.5 Å². The van der Waals surface area contributed by atoms with Crippen molar-refractivity contribution in [3.63, 3.8) is 0 Å². The maximum Gasteiger partial charge on any atom is 0.320 e. The molecule has 27 heavy (non-hydrogen) atoms. The van der Waals surface area contributed by atoms with E-state index in [2.05, 4.69) is 4.90 Å². The van der Waals surface area contributed by atoms with Gasteiger partial charge in [-0.25, -0.2) is 4.79 Å². The standard InChI is InChI=1S/C20H30N4O3/c1-3-24(18-7-5-4-6-17(18)2)19(25)16-21-8-10-22(11-9-21)20(26)23-12-14-27-15-13-23/h4-7H,3,8-16H2,1-2H3. The molecule has 2 aliphatic heterocycles. The number of benzene rings is 1. The summed E-state index contributed by atoms with van der Waals surface area (Å²) in [5, 5.41) is 0. The highest BCUT2D eigenvalue weighted by atomic mass is 16.5. The summed E-state index contributed by atoms with van der Waals surface area (Å²) < 4.78 is 5.31. The summed E-state index contributed by atoms with van der Waals surface area (Å²) in [5.41, 5.74) is 2.08. The first-order valence-corrected chi connectivity index (χ1v) is 9.80. The van der Waals surface area contributed by atoms with Gasteiger partial charge in [-0.1, -0.05) is 18.2 Å². The van der Waals surface area contributed by atoms with E-state index in [1.54, 1.807) is 0 Å². The average molecular weight is 374 g/mol. The number of likely N-dealkylation sites (N-methyl/N-ethyl adjacent to an activating group) is 1. The Labute approximate surface area is 161 Å². The van der Waals surface area contributed by atoms with Crippen LogP contribution in [-0.2, 0) is 9.53 Å². The number of hydrogen-bond acceptors (Lipinski definition) is 4. The highest BCUT2D eigenvalue weighted by Gasteiger charge is 2.28. The molecule has 3 amide bonds. The number of nitrogens with zero attached hydrogens (tertiary/aromatic N) is 4. The number of morpholine rings is 1. The van der Waals surface area contributed by atoms with Crippen LogP contribution >= 0.6 is 0 Å². The molecule has 0 radical (unpaired) electrons. The first kappa shape index (κ1) is 19.6. The highest BCUT2D eigenvalue weighted by Crippen LogP contribution is 2.19. The molecule has 2 fully saturated rings. The van der Waals surface area contributed by atoms with Gasteiger partial charge in [0.05, 0.1) is 19.8 Å². The summed E-state index contributed by atoms with van der Waals surface area (Å²) in [5.74, 6) is 0.111. The van der Waals surface area contributed by atoms with Gasteiger partial charge in [0.25, 0.3) is 0 Å². The molecule has 0 atom stereocenters. The van der Waals surface area contributed by atoms with Gasteiger partial charge in [-0.3, -0.25) is 9.69 Å². The van der Waals surface area contributed by atoms with E-state index in [1.165, 1.54) is 0 Å². The Morgan fingerprint density at radius 3 is 2.26 bits per heavy atom. The minimum atomic E-state index is 0.0966. The predicted octanol–water partition coefficient (Wildman–Crippen LogP) is 1.42. The summed E-state index contributed by atoms with van der Waals surface area (Å²) in [6.45, 7) is 10.4. The molecule has 0 aromatic heterocycles. The predicted molar refractivity (Wildman–Crippen MR) is 105 cm³/mol. The van der Waals surface area contributed by atoms with Crippen LogP contribution in [0.3, 0.4) is 0 Å². The van der Waals surface area contributed by atoms with Gasteiger partial charge in [0.2, 0.25) is 5.91 Å². The fourth-order valence-corrected chi connectivity index (χ4v) is 3.68. The van der Waals surface area contributed by atoms with Crippen LogP contribution in [0.25, 0.3) is 0 Å². The van der Waals surface area contributed by atoms with Crippen molar-refractivity contribution in [2.45, 2.75) is 13.8 Å². The van der Waals surface area contributed by atoms with Crippen LogP contribution in [0, 0.1) is 6.92 Å². The summed E-state index contributed by atoms with van der Waals surface area (Å²) in [6, 6.07) is 8.08. The molecule has 2 saturated heterocycles. The maximum atomic E-state index is 12.8. The fourth-order valence-electron chi connectivity index (χ4n) is 3.68. The number of rotatable bonds is 4. The molecule has 0 saturated carbocycles. The second-order valence-corrected chi connectivity index (χ2v) is 7.07. The van der Waals surface area contributed by atoms with Gasteiger partial charge in [-0.05, 0) is 25.5 Å². The molecule has 0 bridgehead atoms. The van der Waals surface area contributed by atoms with Crippen molar-refractivity contribution < 1.29 is 14.3 Å². The number of amides is 3. The molecule has 0 spiro atoms. The molecule has 0 aliphatic carbocycles. The molecule has 7 heteroatoms. The summed E-state index contributed by atoms with van der Waals surface area (Å²) in [7, 11) is 0. The van der Waals surface area contributed by atoms with E-state index in [-0.39, 0.29) is 11.9 Å². The summed E-state index contributed by atoms with van der Waals surface area (Å²) >= 11 is 0. The number of anilines is 1. The van der Waals surface area contributed by atoms with E-state index < -0.39 is 0 Å². The van der Waals surface area contributed by atoms with E-state index in [9.17, 15) is 9.59 Å². The van der Waals surface area contributed by atoms with Crippen molar-refractivity contribution in [3.05, 3.63) is 29.8 Å². The highest BCUT2D eigenvalue weighted by molar-refractivity contribution is 5.95.